The lowest BCUT2D eigenvalue weighted by atomic mass is 9.79. The van der Waals surface area contributed by atoms with Crippen LogP contribution in [0.15, 0.2) is 133 Å². The monoisotopic (exact) mass is 676 g/mol. The highest BCUT2D eigenvalue weighted by Crippen LogP contribution is 2.41. The number of carbonyl (C=O) groups excluding carboxylic acids is 1. The van der Waals surface area contributed by atoms with Gasteiger partial charge in [0, 0.05) is 26.1 Å². The number of carbonyl (C=O) groups is 1. The molecule has 0 bridgehead atoms. The van der Waals surface area contributed by atoms with E-state index in [4.69, 9.17) is 28.4 Å². The Hall–Kier alpha value is -3.95. The summed E-state index contributed by atoms with van der Waals surface area (Å²) in [5.41, 5.74) is 4.21. The molecule has 9 atom stereocenters. The van der Waals surface area contributed by atoms with Crippen LogP contribution in [0.5, 0.6) is 0 Å². The van der Waals surface area contributed by atoms with E-state index < -0.39 is 30.7 Å². The molecule has 262 valence electrons. The number of methoxy groups -OCH3 is 2. The lowest BCUT2D eigenvalue weighted by Crippen LogP contribution is -2.54. The Balaban J connectivity index is 1.35. The average molecular weight is 677 g/mol. The predicted octanol–water partition coefficient (Wildman–Crippen LogP) is 7.80. The second kappa shape index (κ2) is 17.8. The molecule has 0 spiro atoms. The van der Waals surface area contributed by atoms with Gasteiger partial charge in [-0.3, -0.25) is 4.79 Å². The van der Waals surface area contributed by atoms with Crippen molar-refractivity contribution in [1.82, 2.24) is 0 Å². The molecule has 6 rings (SSSR count). The Morgan fingerprint density at radius 2 is 1.16 bits per heavy atom. The maximum Gasteiger partial charge on any atom is 0.185 e. The van der Waals surface area contributed by atoms with Gasteiger partial charge in [-0.25, -0.2) is 0 Å². The summed E-state index contributed by atoms with van der Waals surface area (Å²) in [6.45, 7) is 2.95. The maximum atomic E-state index is 14.1. The second-order valence-electron chi connectivity index (χ2n) is 12.9. The summed E-state index contributed by atoms with van der Waals surface area (Å²) in [5, 5.41) is 0. The first-order valence-corrected chi connectivity index (χ1v) is 17.6. The van der Waals surface area contributed by atoms with Crippen molar-refractivity contribution < 1.29 is 33.2 Å². The van der Waals surface area contributed by atoms with Crippen LogP contribution in [0.1, 0.15) is 53.9 Å². The van der Waals surface area contributed by atoms with Gasteiger partial charge in [-0.1, -0.05) is 135 Å². The molecular weight excluding hydrogens is 628 g/mol. The van der Waals surface area contributed by atoms with Crippen molar-refractivity contribution >= 4 is 5.78 Å². The number of hydrogen-bond donors (Lipinski definition) is 0. The topological polar surface area (TPSA) is 72.5 Å². The van der Waals surface area contributed by atoms with Crippen LogP contribution in [0.25, 0.3) is 0 Å². The molecular formula is C43H48O7. The van der Waals surface area contributed by atoms with E-state index in [0.717, 1.165) is 35.1 Å². The molecule has 0 amide bonds. The third-order valence-corrected chi connectivity index (χ3v) is 9.71. The summed E-state index contributed by atoms with van der Waals surface area (Å²) < 4.78 is 38.3. The summed E-state index contributed by atoms with van der Waals surface area (Å²) in [7, 11) is 3.19. The minimum Gasteiger partial charge on any atom is -0.375 e. The van der Waals surface area contributed by atoms with Crippen molar-refractivity contribution in [2.45, 2.75) is 87.7 Å². The number of benzene rings is 4. The third-order valence-electron chi connectivity index (χ3n) is 9.71. The van der Waals surface area contributed by atoms with E-state index in [1.54, 1.807) is 20.3 Å². The van der Waals surface area contributed by atoms with Gasteiger partial charge in [0.25, 0.3) is 0 Å². The van der Waals surface area contributed by atoms with Crippen LogP contribution in [-0.4, -0.2) is 62.9 Å². The van der Waals surface area contributed by atoms with Crippen molar-refractivity contribution in [2.24, 2.45) is 0 Å². The highest BCUT2D eigenvalue weighted by molar-refractivity contribution is 5.94. The number of rotatable bonds is 15. The average Bonchev–Trinajstić information content (AvgIpc) is 3.56. The Morgan fingerprint density at radius 1 is 0.640 bits per heavy atom. The van der Waals surface area contributed by atoms with Crippen LogP contribution >= 0.6 is 0 Å². The highest BCUT2D eigenvalue weighted by Gasteiger charge is 2.50. The quantitative estimate of drug-likeness (QED) is 0.119. The van der Waals surface area contributed by atoms with Gasteiger partial charge < -0.3 is 28.4 Å². The zero-order valence-electron chi connectivity index (χ0n) is 29.1. The fourth-order valence-electron chi connectivity index (χ4n) is 7.32. The second-order valence-corrected chi connectivity index (χ2v) is 12.9. The van der Waals surface area contributed by atoms with Crippen molar-refractivity contribution in [3.05, 3.63) is 156 Å². The molecule has 4 aromatic rings. The van der Waals surface area contributed by atoms with Gasteiger partial charge in [0.1, 0.15) is 24.4 Å². The smallest absolute Gasteiger partial charge is 0.185 e. The summed E-state index contributed by atoms with van der Waals surface area (Å²) in [4.78, 5) is 14.1. The van der Waals surface area contributed by atoms with E-state index in [1.165, 1.54) is 0 Å². The van der Waals surface area contributed by atoms with Crippen LogP contribution in [0.2, 0.25) is 0 Å². The minimum atomic E-state index is -0.801. The van der Waals surface area contributed by atoms with E-state index in [9.17, 15) is 4.79 Å². The third kappa shape index (κ3) is 8.49. The predicted molar refractivity (Wildman–Crippen MR) is 193 cm³/mol. The molecule has 7 nitrogen and oxygen atoms in total. The Bertz CT molecular complexity index is 1610. The highest BCUT2D eigenvalue weighted by atomic mass is 16.7. The van der Waals surface area contributed by atoms with Gasteiger partial charge in [0.05, 0.1) is 25.4 Å². The Labute approximate surface area is 296 Å². The molecule has 2 aliphatic heterocycles. The molecule has 4 aromatic carbocycles. The first-order chi connectivity index (χ1) is 24.6. The molecule has 0 N–H and O–H groups in total. The lowest BCUT2D eigenvalue weighted by molar-refractivity contribution is -0.206. The molecule has 2 fully saturated rings. The van der Waals surface area contributed by atoms with Gasteiger partial charge >= 0.3 is 0 Å². The van der Waals surface area contributed by atoms with E-state index in [0.29, 0.717) is 13.2 Å². The van der Waals surface area contributed by atoms with Gasteiger partial charge in [0.2, 0.25) is 0 Å². The molecule has 2 heterocycles. The van der Waals surface area contributed by atoms with Crippen molar-refractivity contribution in [2.75, 3.05) is 14.2 Å². The zero-order chi connectivity index (χ0) is 34.7. The Kier molecular flexibility index (Phi) is 12.8. The molecule has 50 heavy (non-hydrogen) atoms. The lowest BCUT2D eigenvalue weighted by Gasteiger charge is -2.46. The van der Waals surface area contributed by atoms with E-state index >= 15 is 0 Å². The molecule has 7 heteroatoms. The number of ether oxygens (including phenoxy) is 6. The van der Waals surface area contributed by atoms with Gasteiger partial charge in [0.15, 0.2) is 12.1 Å². The van der Waals surface area contributed by atoms with Gasteiger partial charge in [-0.15, -0.1) is 0 Å². The van der Waals surface area contributed by atoms with E-state index in [-0.39, 0.29) is 29.8 Å². The molecule has 2 aliphatic rings. The summed E-state index contributed by atoms with van der Waals surface area (Å²) in [6.07, 6.45) is 1.63. The Morgan fingerprint density at radius 3 is 1.68 bits per heavy atom. The van der Waals surface area contributed by atoms with Crippen LogP contribution in [-0.2, 0) is 46.4 Å². The molecule has 0 aliphatic carbocycles. The van der Waals surface area contributed by atoms with Crippen LogP contribution in [0.3, 0.4) is 0 Å². The van der Waals surface area contributed by atoms with Crippen molar-refractivity contribution in [1.29, 1.82) is 0 Å². The SMILES string of the molecule is CCC[C@H]1O[C@H](C=CC(=O)C2OC(OC)C(OC)C2c2ccccc2)[C@@H](OCc2ccccc2)[C@H](OCc2ccccc2)[C@H]1c1ccccc1. The minimum absolute atomic E-state index is 0.0912. The summed E-state index contributed by atoms with van der Waals surface area (Å²) >= 11 is 0. The van der Waals surface area contributed by atoms with Crippen molar-refractivity contribution in [3.8, 4) is 0 Å². The zero-order valence-corrected chi connectivity index (χ0v) is 29.1. The molecule has 2 saturated heterocycles. The number of ketones is 1. The summed E-state index contributed by atoms with van der Waals surface area (Å²) in [6, 6.07) is 40.6. The van der Waals surface area contributed by atoms with E-state index in [2.05, 4.69) is 43.3 Å². The van der Waals surface area contributed by atoms with E-state index in [1.807, 2.05) is 91.0 Å². The van der Waals surface area contributed by atoms with Gasteiger partial charge in [-0.05, 0) is 40.8 Å². The molecule has 0 saturated carbocycles. The molecule has 4 unspecified atom stereocenters. The molecule has 0 radical (unpaired) electrons. The first kappa shape index (κ1) is 35.9. The van der Waals surface area contributed by atoms with Crippen LogP contribution in [0, 0.1) is 0 Å². The largest absolute Gasteiger partial charge is 0.375 e. The molecule has 0 aromatic heterocycles. The van der Waals surface area contributed by atoms with Crippen LogP contribution < -0.4 is 0 Å². The fraction of sp³-hybridized carbons (Fsp3) is 0.372. The fourth-order valence-corrected chi connectivity index (χ4v) is 7.32. The first-order valence-electron chi connectivity index (χ1n) is 17.6. The van der Waals surface area contributed by atoms with Crippen LogP contribution in [0.4, 0.5) is 0 Å². The maximum absolute atomic E-state index is 14.1. The van der Waals surface area contributed by atoms with Crippen molar-refractivity contribution in [3.63, 3.8) is 0 Å². The summed E-state index contributed by atoms with van der Waals surface area (Å²) in [5.74, 6) is -0.630. The standard InChI is InChI=1S/C43H48O7/c1-4-17-35-37(32-22-13-7-14-23-32)41(48-29-31-20-11-6-12-21-31)40(47-28-30-18-9-5-10-19-30)36(49-35)27-26-34(44)39-38(33-24-15-8-16-25-33)42(45-2)43(46-3)50-39/h5-16,18-27,35-43H,4,17,28-29H2,1-3H3/t35-,36-,37+,38?,39?,40-,41-,42?,43?/m1/s1. The van der Waals surface area contributed by atoms with Gasteiger partial charge in [-0.2, -0.15) is 0 Å². The number of hydrogen-bond acceptors (Lipinski definition) is 7. The normalized spacial score (nSPS) is 28.2.